The van der Waals surface area contributed by atoms with Crippen LogP contribution >= 0.6 is 0 Å². The molecule has 0 radical (unpaired) electrons. The second-order valence-electron chi connectivity index (χ2n) is 7.98. The number of nitrogens with zero attached hydrogens (tertiary/aromatic N) is 1. The predicted octanol–water partition coefficient (Wildman–Crippen LogP) is 3.66. The Balaban J connectivity index is 1.51. The molecule has 1 saturated heterocycles. The first kappa shape index (κ1) is 20.4. The highest BCUT2D eigenvalue weighted by Crippen LogP contribution is 2.22. The summed E-state index contributed by atoms with van der Waals surface area (Å²) in [5, 5.41) is 2.89. The Bertz CT molecular complexity index is 892. The number of carbonyl (C=O) groups is 1. The average Bonchev–Trinajstić information content (AvgIpc) is 3.16. The topological polar surface area (TPSA) is 91.7 Å². The molecule has 2 amide bonds. The lowest BCUT2D eigenvalue weighted by atomic mass is 10.1. The van der Waals surface area contributed by atoms with Gasteiger partial charge < -0.3 is 14.6 Å². The van der Waals surface area contributed by atoms with E-state index < -0.39 is 14.8 Å². The summed E-state index contributed by atoms with van der Waals surface area (Å²) in [6.07, 6.45) is 2.82. The minimum Gasteiger partial charge on any atom is -0.464 e. The molecule has 0 atom stereocenters. The zero-order chi connectivity index (χ0) is 20.4. The van der Waals surface area contributed by atoms with Gasteiger partial charge in [0.1, 0.15) is 5.76 Å². The highest BCUT2D eigenvalue weighted by Gasteiger charge is 2.33. The molecule has 28 heavy (non-hydrogen) atoms. The summed E-state index contributed by atoms with van der Waals surface area (Å²) < 4.78 is 31.8. The first-order chi connectivity index (χ1) is 13.2. The quantitative estimate of drug-likeness (QED) is 0.812. The maximum atomic E-state index is 12.5. The number of sulfonamides is 1. The van der Waals surface area contributed by atoms with Crippen LogP contribution in [0.3, 0.4) is 0 Å². The van der Waals surface area contributed by atoms with E-state index in [1.807, 2.05) is 36.4 Å². The van der Waals surface area contributed by atoms with Gasteiger partial charge in [0.15, 0.2) is 0 Å². The number of likely N-dealkylation sites (tertiary alicyclic amines) is 1. The van der Waals surface area contributed by atoms with Crippen molar-refractivity contribution in [2.24, 2.45) is 0 Å². The van der Waals surface area contributed by atoms with Gasteiger partial charge >= 0.3 is 6.03 Å². The van der Waals surface area contributed by atoms with E-state index in [2.05, 4.69) is 10.0 Å². The smallest absolute Gasteiger partial charge is 0.321 e. The SMILES string of the molecule is CC(C)(C)S(=O)(=O)NC1CCN(C(=O)Nc2ccc(-c3ccco3)cc2)CC1. The van der Waals surface area contributed by atoms with Crippen molar-refractivity contribution < 1.29 is 17.6 Å². The Kier molecular flexibility index (Phi) is 5.81. The minimum atomic E-state index is -3.38. The number of hydrogen-bond acceptors (Lipinski definition) is 4. The van der Waals surface area contributed by atoms with Crippen molar-refractivity contribution in [3.8, 4) is 11.3 Å². The van der Waals surface area contributed by atoms with E-state index in [0.717, 1.165) is 11.3 Å². The number of urea groups is 1. The summed E-state index contributed by atoms with van der Waals surface area (Å²) in [5.74, 6) is 0.776. The zero-order valence-electron chi connectivity index (χ0n) is 16.4. The molecule has 3 rings (SSSR count). The molecule has 1 aromatic carbocycles. The first-order valence-electron chi connectivity index (χ1n) is 9.37. The van der Waals surface area contributed by atoms with Crippen LogP contribution < -0.4 is 10.0 Å². The van der Waals surface area contributed by atoms with Crippen LogP contribution in [0.5, 0.6) is 0 Å². The maximum absolute atomic E-state index is 12.5. The lowest BCUT2D eigenvalue weighted by Crippen LogP contribution is -2.50. The summed E-state index contributed by atoms with van der Waals surface area (Å²) in [4.78, 5) is 14.2. The standard InChI is InChI=1S/C20H27N3O4S/c1-20(2,3)28(25,26)22-17-10-12-23(13-11-17)19(24)21-16-8-6-15(7-9-16)18-5-4-14-27-18/h4-9,14,17,22H,10-13H2,1-3H3,(H,21,24). The number of amides is 2. The summed E-state index contributed by atoms with van der Waals surface area (Å²) in [6, 6.07) is 10.8. The number of carbonyl (C=O) groups excluding carboxylic acids is 1. The first-order valence-corrected chi connectivity index (χ1v) is 10.9. The van der Waals surface area contributed by atoms with E-state index in [4.69, 9.17) is 4.42 Å². The predicted molar refractivity (Wildman–Crippen MR) is 110 cm³/mol. The van der Waals surface area contributed by atoms with Crippen molar-refractivity contribution in [1.82, 2.24) is 9.62 Å². The molecular formula is C20H27N3O4S. The number of benzene rings is 1. The maximum Gasteiger partial charge on any atom is 0.321 e. The second kappa shape index (κ2) is 7.97. The van der Waals surface area contributed by atoms with Crippen LogP contribution in [0, 0.1) is 0 Å². The molecule has 0 aliphatic carbocycles. The molecule has 1 aromatic heterocycles. The van der Waals surface area contributed by atoms with Gasteiger partial charge in [-0.3, -0.25) is 0 Å². The van der Waals surface area contributed by atoms with Crippen molar-refractivity contribution in [3.63, 3.8) is 0 Å². The molecule has 0 bridgehead atoms. The molecule has 1 aliphatic heterocycles. The molecule has 8 heteroatoms. The third-order valence-corrected chi connectivity index (χ3v) is 7.11. The van der Waals surface area contributed by atoms with Crippen molar-refractivity contribution in [2.75, 3.05) is 18.4 Å². The third-order valence-electron chi connectivity index (χ3n) is 4.85. The number of rotatable bonds is 4. The van der Waals surface area contributed by atoms with Crippen LogP contribution in [-0.2, 0) is 10.0 Å². The number of hydrogen-bond donors (Lipinski definition) is 2. The van der Waals surface area contributed by atoms with E-state index >= 15 is 0 Å². The number of anilines is 1. The zero-order valence-corrected chi connectivity index (χ0v) is 17.3. The molecule has 0 unspecified atom stereocenters. The molecule has 1 fully saturated rings. The molecule has 2 heterocycles. The van der Waals surface area contributed by atoms with Crippen LogP contribution in [0.25, 0.3) is 11.3 Å². The largest absolute Gasteiger partial charge is 0.464 e. The molecule has 0 saturated carbocycles. The van der Waals surface area contributed by atoms with Gasteiger partial charge in [-0.15, -0.1) is 0 Å². The Hall–Kier alpha value is -2.32. The fraction of sp³-hybridized carbons (Fsp3) is 0.450. The minimum absolute atomic E-state index is 0.138. The summed E-state index contributed by atoms with van der Waals surface area (Å²) >= 11 is 0. The van der Waals surface area contributed by atoms with E-state index in [1.54, 1.807) is 31.9 Å². The van der Waals surface area contributed by atoms with Gasteiger partial charge in [-0.25, -0.2) is 17.9 Å². The lowest BCUT2D eigenvalue weighted by Gasteiger charge is -2.33. The molecule has 2 aromatic rings. The van der Waals surface area contributed by atoms with Crippen molar-refractivity contribution >= 4 is 21.7 Å². The van der Waals surface area contributed by atoms with Gasteiger partial charge in [0.05, 0.1) is 11.0 Å². The molecule has 0 spiro atoms. The summed E-state index contributed by atoms with van der Waals surface area (Å²) in [5.41, 5.74) is 1.64. The van der Waals surface area contributed by atoms with Gasteiger partial charge in [0, 0.05) is 30.4 Å². The molecule has 7 nitrogen and oxygen atoms in total. The van der Waals surface area contributed by atoms with Crippen LogP contribution in [-0.4, -0.2) is 43.2 Å². The number of piperidine rings is 1. The van der Waals surface area contributed by atoms with Crippen molar-refractivity contribution in [1.29, 1.82) is 0 Å². The summed E-state index contributed by atoms with van der Waals surface area (Å²) in [6.45, 7) is 6.04. The summed E-state index contributed by atoms with van der Waals surface area (Å²) in [7, 11) is -3.38. The normalized spacial score (nSPS) is 16.2. The Labute approximate surface area is 166 Å². The van der Waals surface area contributed by atoms with Crippen molar-refractivity contribution in [3.05, 3.63) is 42.7 Å². The van der Waals surface area contributed by atoms with E-state index in [1.165, 1.54) is 0 Å². The molecule has 2 N–H and O–H groups in total. The average molecular weight is 406 g/mol. The third kappa shape index (κ3) is 4.74. The fourth-order valence-corrected chi connectivity index (χ4v) is 3.99. The van der Waals surface area contributed by atoms with Gasteiger partial charge in [0.2, 0.25) is 10.0 Å². The Morgan fingerprint density at radius 1 is 1.11 bits per heavy atom. The van der Waals surface area contributed by atoms with Gasteiger partial charge in [0.25, 0.3) is 0 Å². The number of nitrogens with one attached hydrogen (secondary N) is 2. The van der Waals surface area contributed by atoms with Gasteiger partial charge in [-0.05, 0) is 70.0 Å². The highest BCUT2D eigenvalue weighted by atomic mass is 32.2. The molecule has 1 aliphatic rings. The monoisotopic (exact) mass is 405 g/mol. The fourth-order valence-electron chi connectivity index (χ4n) is 2.96. The van der Waals surface area contributed by atoms with Crippen LogP contribution in [0.15, 0.2) is 47.1 Å². The van der Waals surface area contributed by atoms with Crippen LogP contribution in [0.2, 0.25) is 0 Å². The highest BCUT2D eigenvalue weighted by molar-refractivity contribution is 7.90. The lowest BCUT2D eigenvalue weighted by molar-refractivity contribution is 0.193. The Morgan fingerprint density at radius 3 is 2.29 bits per heavy atom. The van der Waals surface area contributed by atoms with Gasteiger partial charge in [-0.1, -0.05) is 0 Å². The van der Waals surface area contributed by atoms with Gasteiger partial charge in [-0.2, -0.15) is 0 Å². The Morgan fingerprint density at radius 2 is 1.75 bits per heavy atom. The molecule has 152 valence electrons. The van der Waals surface area contributed by atoms with Crippen molar-refractivity contribution in [2.45, 2.75) is 44.4 Å². The van der Waals surface area contributed by atoms with E-state index in [-0.39, 0.29) is 12.1 Å². The number of furan rings is 1. The second-order valence-corrected chi connectivity index (χ2v) is 10.4. The van der Waals surface area contributed by atoms with E-state index in [9.17, 15) is 13.2 Å². The molecular weight excluding hydrogens is 378 g/mol. The van der Waals surface area contributed by atoms with Crippen LogP contribution in [0.1, 0.15) is 33.6 Å². The van der Waals surface area contributed by atoms with E-state index in [0.29, 0.717) is 31.6 Å². The van der Waals surface area contributed by atoms with Crippen LogP contribution in [0.4, 0.5) is 10.5 Å².